The second-order valence-electron chi connectivity index (χ2n) is 2.70. The van der Waals surface area contributed by atoms with Crippen molar-refractivity contribution in [3.8, 4) is 0 Å². The molecule has 0 aliphatic carbocycles. The molecule has 0 aromatic rings. The Morgan fingerprint density at radius 2 is 1.75 bits per heavy atom. The fourth-order valence-electron chi connectivity index (χ4n) is 0.505. The van der Waals surface area contributed by atoms with Gasteiger partial charge in [-0.2, -0.15) is 0 Å². The summed E-state index contributed by atoms with van der Waals surface area (Å²) in [5.74, 6) is 1.17. The van der Waals surface area contributed by atoms with Gasteiger partial charge in [-0.1, -0.05) is 20.8 Å². The third-order valence-corrected chi connectivity index (χ3v) is 1.70. The maximum absolute atomic E-state index is 11.6. The summed E-state index contributed by atoms with van der Waals surface area (Å²) in [7, 11) is 0. The molecule has 1 unspecified atom stereocenters. The highest BCUT2D eigenvalue weighted by Gasteiger charge is 2.04. The van der Waals surface area contributed by atoms with Crippen LogP contribution in [0, 0.1) is 11.8 Å². The lowest BCUT2D eigenvalue weighted by Gasteiger charge is -2.11. The summed E-state index contributed by atoms with van der Waals surface area (Å²) < 4.78 is 11.6. The Morgan fingerprint density at radius 3 is 1.88 bits per heavy atom. The number of rotatable bonds is 3. The van der Waals surface area contributed by atoms with Crippen LogP contribution >= 0.6 is 0 Å². The number of halogens is 1. The molecule has 0 aliphatic rings. The normalized spacial score (nSPS) is 14.6. The van der Waals surface area contributed by atoms with Crippen molar-refractivity contribution >= 4 is 0 Å². The average Bonchev–Trinajstić information content (AvgIpc) is 1.67. The maximum atomic E-state index is 11.6. The molecule has 0 radical (unpaired) electrons. The van der Waals surface area contributed by atoms with Crippen LogP contribution in [0.4, 0.5) is 4.39 Å². The zero-order valence-corrected chi connectivity index (χ0v) is 5.95. The van der Waals surface area contributed by atoms with E-state index < -0.39 is 0 Å². The molecule has 0 amide bonds. The SMILES string of the molecule is CC(C)C(C)CCF. The van der Waals surface area contributed by atoms with Crippen LogP contribution in [0.15, 0.2) is 0 Å². The molecule has 0 rings (SSSR count). The minimum absolute atomic E-state index is 0.167. The van der Waals surface area contributed by atoms with Gasteiger partial charge in [-0.25, -0.2) is 0 Å². The van der Waals surface area contributed by atoms with Gasteiger partial charge >= 0.3 is 0 Å². The first-order chi connectivity index (χ1) is 3.68. The Hall–Kier alpha value is -0.0700. The van der Waals surface area contributed by atoms with Crippen molar-refractivity contribution < 1.29 is 4.39 Å². The fraction of sp³-hybridized carbons (Fsp3) is 1.00. The summed E-state index contributed by atoms with van der Waals surface area (Å²) in [5, 5.41) is 0. The highest BCUT2D eigenvalue weighted by Crippen LogP contribution is 2.12. The number of hydrogen-bond acceptors (Lipinski definition) is 0. The van der Waals surface area contributed by atoms with Crippen molar-refractivity contribution in [2.75, 3.05) is 6.67 Å². The lowest BCUT2D eigenvalue weighted by atomic mass is 9.96. The second kappa shape index (κ2) is 3.88. The van der Waals surface area contributed by atoms with E-state index in [0.717, 1.165) is 6.42 Å². The van der Waals surface area contributed by atoms with Crippen molar-refractivity contribution in [1.82, 2.24) is 0 Å². The van der Waals surface area contributed by atoms with E-state index in [-0.39, 0.29) is 6.67 Å². The molecule has 0 fully saturated rings. The molecule has 50 valence electrons. The monoisotopic (exact) mass is 118 g/mol. The van der Waals surface area contributed by atoms with E-state index in [9.17, 15) is 4.39 Å². The van der Waals surface area contributed by atoms with Gasteiger partial charge in [0.05, 0.1) is 6.67 Å². The Labute approximate surface area is 51.1 Å². The largest absolute Gasteiger partial charge is 0.251 e. The van der Waals surface area contributed by atoms with Gasteiger partial charge in [-0.05, 0) is 18.3 Å². The quantitative estimate of drug-likeness (QED) is 0.534. The molecule has 0 nitrogen and oxygen atoms in total. The first-order valence-corrected chi connectivity index (χ1v) is 3.24. The Morgan fingerprint density at radius 1 is 1.25 bits per heavy atom. The molecule has 0 saturated heterocycles. The van der Waals surface area contributed by atoms with Gasteiger partial charge in [0.1, 0.15) is 0 Å². The fourth-order valence-corrected chi connectivity index (χ4v) is 0.505. The van der Waals surface area contributed by atoms with E-state index in [4.69, 9.17) is 0 Å². The highest BCUT2D eigenvalue weighted by atomic mass is 19.1. The molecule has 0 aromatic carbocycles. The molecule has 8 heavy (non-hydrogen) atoms. The summed E-state index contributed by atoms with van der Waals surface area (Å²) in [6, 6.07) is 0. The molecule has 0 spiro atoms. The molecule has 0 heterocycles. The first-order valence-electron chi connectivity index (χ1n) is 3.24. The minimum atomic E-state index is -0.167. The average molecular weight is 118 g/mol. The van der Waals surface area contributed by atoms with Crippen molar-refractivity contribution in [3.63, 3.8) is 0 Å². The summed E-state index contributed by atoms with van der Waals surface area (Å²) in [6.07, 6.45) is 0.720. The summed E-state index contributed by atoms with van der Waals surface area (Å²) in [4.78, 5) is 0. The van der Waals surface area contributed by atoms with Crippen molar-refractivity contribution in [1.29, 1.82) is 0 Å². The molecule has 1 heteroatoms. The van der Waals surface area contributed by atoms with Gasteiger partial charge < -0.3 is 0 Å². The topological polar surface area (TPSA) is 0 Å². The third-order valence-electron chi connectivity index (χ3n) is 1.70. The van der Waals surface area contributed by atoms with E-state index in [1.807, 2.05) is 0 Å². The maximum Gasteiger partial charge on any atom is 0.0897 e. The summed E-state index contributed by atoms with van der Waals surface area (Å²) in [6.45, 7) is 6.17. The lowest BCUT2D eigenvalue weighted by Crippen LogP contribution is -2.03. The smallest absolute Gasteiger partial charge is 0.0897 e. The van der Waals surface area contributed by atoms with E-state index in [1.54, 1.807) is 0 Å². The zero-order chi connectivity index (χ0) is 6.57. The molecule has 0 saturated carbocycles. The van der Waals surface area contributed by atoms with Gasteiger partial charge in [0.15, 0.2) is 0 Å². The molecular formula is C7H15F. The van der Waals surface area contributed by atoms with Gasteiger partial charge in [-0.3, -0.25) is 4.39 Å². The molecule has 0 aliphatic heterocycles. The van der Waals surface area contributed by atoms with Gasteiger partial charge in [0.2, 0.25) is 0 Å². The predicted molar refractivity (Wildman–Crippen MR) is 34.6 cm³/mol. The second-order valence-corrected chi connectivity index (χ2v) is 2.70. The first kappa shape index (κ1) is 7.93. The van der Waals surface area contributed by atoms with Crippen LogP contribution < -0.4 is 0 Å². The van der Waals surface area contributed by atoms with E-state index in [0.29, 0.717) is 11.8 Å². The van der Waals surface area contributed by atoms with Crippen LogP contribution in [-0.2, 0) is 0 Å². The van der Waals surface area contributed by atoms with Gasteiger partial charge in [-0.15, -0.1) is 0 Å². The van der Waals surface area contributed by atoms with Gasteiger partial charge in [0, 0.05) is 0 Å². The summed E-state index contributed by atoms with van der Waals surface area (Å²) >= 11 is 0. The predicted octanol–water partition coefficient (Wildman–Crippen LogP) is 2.64. The van der Waals surface area contributed by atoms with Crippen LogP contribution in [0.5, 0.6) is 0 Å². The van der Waals surface area contributed by atoms with Crippen molar-refractivity contribution in [2.24, 2.45) is 11.8 Å². The Bertz CT molecular complexity index is 50.3. The van der Waals surface area contributed by atoms with Crippen LogP contribution in [0.2, 0.25) is 0 Å². The number of hydrogen-bond donors (Lipinski definition) is 0. The molecule has 0 N–H and O–H groups in total. The molecular weight excluding hydrogens is 103 g/mol. The standard InChI is InChI=1S/C7H15F/c1-6(2)7(3)4-5-8/h6-7H,4-5H2,1-3H3. The molecule has 1 atom stereocenters. The van der Waals surface area contributed by atoms with Crippen LogP contribution in [0.3, 0.4) is 0 Å². The molecule has 0 aromatic heterocycles. The van der Waals surface area contributed by atoms with E-state index >= 15 is 0 Å². The summed E-state index contributed by atoms with van der Waals surface area (Å²) in [5.41, 5.74) is 0. The van der Waals surface area contributed by atoms with Crippen LogP contribution in [0.25, 0.3) is 0 Å². The van der Waals surface area contributed by atoms with Crippen molar-refractivity contribution in [2.45, 2.75) is 27.2 Å². The van der Waals surface area contributed by atoms with Gasteiger partial charge in [0.25, 0.3) is 0 Å². The van der Waals surface area contributed by atoms with E-state index in [1.165, 1.54) is 0 Å². The van der Waals surface area contributed by atoms with Crippen LogP contribution in [0.1, 0.15) is 27.2 Å². The lowest BCUT2D eigenvalue weighted by molar-refractivity contribution is 0.337. The highest BCUT2D eigenvalue weighted by molar-refractivity contribution is 4.54. The minimum Gasteiger partial charge on any atom is -0.251 e. The molecule has 0 bridgehead atoms. The Balaban J connectivity index is 3.17. The van der Waals surface area contributed by atoms with Crippen molar-refractivity contribution in [3.05, 3.63) is 0 Å². The Kier molecular flexibility index (Phi) is 3.84. The number of alkyl halides is 1. The van der Waals surface area contributed by atoms with E-state index in [2.05, 4.69) is 20.8 Å². The third kappa shape index (κ3) is 3.00. The van der Waals surface area contributed by atoms with Crippen LogP contribution in [-0.4, -0.2) is 6.67 Å². The zero-order valence-electron chi connectivity index (χ0n) is 5.95.